The summed E-state index contributed by atoms with van der Waals surface area (Å²) in [6, 6.07) is 6.14. The average Bonchev–Trinajstić information content (AvgIpc) is 2.48. The molecule has 0 atom stereocenters. The van der Waals surface area contributed by atoms with Gasteiger partial charge in [0.05, 0.1) is 12.7 Å². The minimum absolute atomic E-state index is 0.0227. The maximum Gasteiger partial charge on any atom is 0.251 e. The predicted octanol–water partition coefficient (Wildman–Crippen LogP) is 2.32. The molecular formula is C17H26N2O2. The van der Waals surface area contributed by atoms with Crippen LogP contribution in [-0.4, -0.2) is 31.2 Å². The summed E-state index contributed by atoms with van der Waals surface area (Å²) in [5, 5.41) is 2.93. The van der Waals surface area contributed by atoms with Gasteiger partial charge in [0, 0.05) is 18.2 Å². The third-order valence-corrected chi connectivity index (χ3v) is 4.31. The van der Waals surface area contributed by atoms with E-state index in [2.05, 4.69) is 5.32 Å². The SMILES string of the molecule is Cc1cccc(C(=O)NCCOC2CCC(N)CC2)c1C. The van der Waals surface area contributed by atoms with E-state index in [0.717, 1.165) is 42.4 Å². The lowest BCUT2D eigenvalue weighted by molar-refractivity contribution is 0.0267. The number of carbonyl (C=O) groups excluding carboxylic acids is 1. The van der Waals surface area contributed by atoms with E-state index in [1.54, 1.807) is 0 Å². The minimum atomic E-state index is -0.0227. The van der Waals surface area contributed by atoms with Crippen LogP contribution < -0.4 is 11.1 Å². The average molecular weight is 290 g/mol. The van der Waals surface area contributed by atoms with Crippen LogP contribution in [0, 0.1) is 13.8 Å². The van der Waals surface area contributed by atoms with Gasteiger partial charge in [-0.05, 0) is 56.7 Å². The van der Waals surface area contributed by atoms with Crippen LogP contribution in [0.2, 0.25) is 0 Å². The number of benzene rings is 1. The first kappa shape index (κ1) is 16.0. The Hall–Kier alpha value is -1.39. The zero-order valence-corrected chi connectivity index (χ0v) is 13.0. The van der Waals surface area contributed by atoms with Gasteiger partial charge in [-0.15, -0.1) is 0 Å². The lowest BCUT2D eigenvalue weighted by Gasteiger charge is -2.26. The number of nitrogens with one attached hydrogen (secondary N) is 1. The quantitative estimate of drug-likeness (QED) is 0.818. The second-order valence-electron chi connectivity index (χ2n) is 5.91. The van der Waals surface area contributed by atoms with Crippen molar-refractivity contribution in [2.75, 3.05) is 13.2 Å². The molecule has 0 radical (unpaired) electrons. The first-order chi connectivity index (χ1) is 10.1. The van der Waals surface area contributed by atoms with Crippen molar-refractivity contribution in [2.45, 2.75) is 51.7 Å². The van der Waals surface area contributed by atoms with Crippen molar-refractivity contribution in [3.05, 3.63) is 34.9 Å². The summed E-state index contributed by atoms with van der Waals surface area (Å²) in [7, 11) is 0. The number of nitrogens with two attached hydrogens (primary N) is 1. The predicted molar refractivity (Wildman–Crippen MR) is 84.4 cm³/mol. The van der Waals surface area contributed by atoms with Crippen molar-refractivity contribution in [1.82, 2.24) is 5.32 Å². The second kappa shape index (κ2) is 7.57. The van der Waals surface area contributed by atoms with E-state index in [1.807, 2.05) is 32.0 Å². The summed E-state index contributed by atoms with van der Waals surface area (Å²) in [4.78, 5) is 12.1. The monoisotopic (exact) mass is 290 g/mol. The van der Waals surface area contributed by atoms with Gasteiger partial charge in [0.2, 0.25) is 0 Å². The number of carbonyl (C=O) groups is 1. The molecule has 2 rings (SSSR count). The summed E-state index contributed by atoms with van der Waals surface area (Å²) in [5.74, 6) is -0.0227. The highest BCUT2D eigenvalue weighted by atomic mass is 16.5. The highest BCUT2D eigenvalue weighted by Crippen LogP contribution is 2.19. The van der Waals surface area contributed by atoms with Crippen LogP contribution in [0.3, 0.4) is 0 Å². The summed E-state index contributed by atoms with van der Waals surface area (Å²) >= 11 is 0. The zero-order chi connectivity index (χ0) is 15.2. The smallest absolute Gasteiger partial charge is 0.251 e. The second-order valence-corrected chi connectivity index (χ2v) is 5.91. The Morgan fingerprint density at radius 3 is 2.71 bits per heavy atom. The van der Waals surface area contributed by atoms with Crippen LogP contribution in [0.1, 0.15) is 47.2 Å². The minimum Gasteiger partial charge on any atom is -0.376 e. The molecule has 0 unspecified atom stereocenters. The van der Waals surface area contributed by atoms with Crippen molar-refractivity contribution in [2.24, 2.45) is 5.73 Å². The van der Waals surface area contributed by atoms with Crippen molar-refractivity contribution in [3.63, 3.8) is 0 Å². The van der Waals surface area contributed by atoms with E-state index in [4.69, 9.17) is 10.5 Å². The number of aryl methyl sites for hydroxylation is 1. The first-order valence-electron chi connectivity index (χ1n) is 7.79. The van der Waals surface area contributed by atoms with E-state index in [1.165, 1.54) is 0 Å². The summed E-state index contributed by atoms with van der Waals surface area (Å²) in [5.41, 5.74) is 8.79. The van der Waals surface area contributed by atoms with Gasteiger partial charge in [0.15, 0.2) is 0 Å². The zero-order valence-electron chi connectivity index (χ0n) is 13.0. The molecule has 0 aliphatic heterocycles. The number of amides is 1. The van der Waals surface area contributed by atoms with Crippen LogP contribution in [0.25, 0.3) is 0 Å². The van der Waals surface area contributed by atoms with E-state index < -0.39 is 0 Å². The fraction of sp³-hybridized carbons (Fsp3) is 0.588. The van der Waals surface area contributed by atoms with Crippen molar-refractivity contribution in [1.29, 1.82) is 0 Å². The molecule has 4 heteroatoms. The van der Waals surface area contributed by atoms with Crippen LogP contribution >= 0.6 is 0 Å². The number of ether oxygens (including phenoxy) is 1. The third kappa shape index (κ3) is 4.55. The van der Waals surface area contributed by atoms with Crippen LogP contribution in [0.4, 0.5) is 0 Å². The molecule has 0 heterocycles. The van der Waals surface area contributed by atoms with Gasteiger partial charge in [-0.2, -0.15) is 0 Å². The summed E-state index contributed by atoms with van der Waals surface area (Å²) in [6.07, 6.45) is 4.46. The molecule has 21 heavy (non-hydrogen) atoms. The molecule has 0 spiro atoms. The van der Waals surface area contributed by atoms with Gasteiger partial charge in [-0.1, -0.05) is 12.1 Å². The largest absolute Gasteiger partial charge is 0.376 e. The van der Waals surface area contributed by atoms with Crippen molar-refractivity contribution >= 4 is 5.91 Å². The maximum absolute atomic E-state index is 12.1. The molecule has 116 valence electrons. The number of hydrogen-bond acceptors (Lipinski definition) is 3. The fourth-order valence-corrected chi connectivity index (χ4v) is 2.74. The van der Waals surface area contributed by atoms with Gasteiger partial charge in [0.25, 0.3) is 5.91 Å². The standard InChI is InChI=1S/C17H26N2O2/c1-12-4-3-5-16(13(12)2)17(20)19-10-11-21-15-8-6-14(18)7-9-15/h3-5,14-15H,6-11,18H2,1-2H3,(H,19,20). The molecule has 0 saturated heterocycles. The first-order valence-corrected chi connectivity index (χ1v) is 7.79. The highest BCUT2D eigenvalue weighted by molar-refractivity contribution is 5.95. The van der Waals surface area contributed by atoms with E-state index in [0.29, 0.717) is 25.3 Å². The topological polar surface area (TPSA) is 64.3 Å². The van der Waals surface area contributed by atoms with E-state index >= 15 is 0 Å². The van der Waals surface area contributed by atoms with Crippen LogP contribution in [0.15, 0.2) is 18.2 Å². The third-order valence-electron chi connectivity index (χ3n) is 4.31. The Morgan fingerprint density at radius 1 is 1.29 bits per heavy atom. The molecule has 1 saturated carbocycles. The molecule has 0 bridgehead atoms. The molecule has 3 N–H and O–H groups in total. The lowest BCUT2D eigenvalue weighted by atomic mass is 9.94. The lowest BCUT2D eigenvalue weighted by Crippen LogP contribution is -2.33. The Balaban J connectivity index is 1.71. The molecule has 1 aliphatic rings. The van der Waals surface area contributed by atoms with Crippen molar-refractivity contribution < 1.29 is 9.53 Å². The molecule has 1 aromatic carbocycles. The van der Waals surface area contributed by atoms with Gasteiger partial charge in [0.1, 0.15) is 0 Å². The molecule has 1 fully saturated rings. The maximum atomic E-state index is 12.1. The van der Waals surface area contributed by atoms with Crippen LogP contribution in [-0.2, 0) is 4.74 Å². The molecule has 1 amide bonds. The summed E-state index contributed by atoms with van der Waals surface area (Å²) < 4.78 is 5.80. The fourth-order valence-electron chi connectivity index (χ4n) is 2.74. The normalized spacial score (nSPS) is 22.0. The van der Waals surface area contributed by atoms with E-state index in [-0.39, 0.29) is 5.91 Å². The molecule has 1 aromatic rings. The van der Waals surface area contributed by atoms with Crippen molar-refractivity contribution in [3.8, 4) is 0 Å². The summed E-state index contributed by atoms with van der Waals surface area (Å²) in [6.45, 7) is 5.11. The highest BCUT2D eigenvalue weighted by Gasteiger charge is 2.18. The Kier molecular flexibility index (Phi) is 5.76. The molecule has 4 nitrogen and oxygen atoms in total. The Bertz CT molecular complexity index is 480. The number of hydrogen-bond donors (Lipinski definition) is 2. The van der Waals surface area contributed by atoms with Gasteiger partial charge < -0.3 is 15.8 Å². The molecule has 0 aromatic heterocycles. The molecular weight excluding hydrogens is 264 g/mol. The Morgan fingerprint density at radius 2 is 2.00 bits per heavy atom. The van der Waals surface area contributed by atoms with Gasteiger partial charge in [-0.3, -0.25) is 4.79 Å². The van der Waals surface area contributed by atoms with Crippen LogP contribution in [0.5, 0.6) is 0 Å². The molecule has 1 aliphatic carbocycles. The van der Waals surface area contributed by atoms with Gasteiger partial charge in [-0.25, -0.2) is 0 Å². The Labute approximate surface area is 127 Å². The van der Waals surface area contributed by atoms with E-state index in [9.17, 15) is 4.79 Å². The number of rotatable bonds is 5. The van der Waals surface area contributed by atoms with Gasteiger partial charge >= 0.3 is 0 Å².